The molecular formula is C17H20FN3O3S2. The second kappa shape index (κ2) is 9.11. The van der Waals surface area contributed by atoms with Gasteiger partial charge in [-0.05, 0) is 55.2 Å². The van der Waals surface area contributed by atoms with Crippen LogP contribution < -0.4 is 10.0 Å². The highest BCUT2D eigenvalue weighted by atomic mass is 32.2. The molecule has 0 bridgehead atoms. The zero-order chi connectivity index (χ0) is 19.2. The molecule has 0 saturated heterocycles. The number of halogens is 1. The highest BCUT2D eigenvalue weighted by Gasteiger charge is 2.27. The summed E-state index contributed by atoms with van der Waals surface area (Å²) in [5, 5.41) is 2.60. The van der Waals surface area contributed by atoms with Crippen LogP contribution in [0.2, 0.25) is 0 Å². The topological polar surface area (TPSA) is 88.2 Å². The fourth-order valence-corrected chi connectivity index (χ4v) is 3.99. The average molecular weight is 397 g/mol. The van der Waals surface area contributed by atoms with Crippen LogP contribution in [0.15, 0.2) is 47.5 Å². The number of pyridine rings is 1. The lowest BCUT2D eigenvalue weighted by atomic mass is 10.2. The van der Waals surface area contributed by atoms with Crippen molar-refractivity contribution in [2.45, 2.75) is 24.3 Å². The van der Waals surface area contributed by atoms with Crippen molar-refractivity contribution in [2.75, 3.05) is 17.3 Å². The maximum atomic E-state index is 13.8. The Labute approximate surface area is 156 Å². The normalized spacial score (nSPS) is 12.6. The van der Waals surface area contributed by atoms with E-state index in [-0.39, 0.29) is 6.42 Å². The zero-order valence-corrected chi connectivity index (χ0v) is 16.0. The fraction of sp³-hybridized carbons (Fsp3) is 0.294. The van der Waals surface area contributed by atoms with E-state index in [1.807, 2.05) is 13.2 Å². The molecule has 2 N–H and O–H groups in total. The van der Waals surface area contributed by atoms with E-state index in [2.05, 4.69) is 15.0 Å². The number of hydrogen-bond donors (Lipinski definition) is 2. The first kappa shape index (κ1) is 20.3. The molecule has 2 aromatic rings. The van der Waals surface area contributed by atoms with E-state index in [0.717, 1.165) is 17.7 Å². The molecular weight excluding hydrogens is 377 g/mol. The molecule has 1 amide bonds. The second-order valence-corrected chi connectivity index (χ2v) is 8.26. The third-order valence-electron chi connectivity index (χ3n) is 3.52. The summed E-state index contributed by atoms with van der Waals surface area (Å²) in [6.45, 7) is 1.85. The van der Waals surface area contributed by atoms with Gasteiger partial charge in [-0.3, -0.25) is 4.79 Å². The number of aromatic nitrogens is 1. The maximum absolute atomic E-state index is 13.8. The zero-order valence-electron chi connectivity index (χ0n) is 14.4. The number of rotatable bonds is 8. The van der Waals surface area contributed by atoms with Gasteiger partial charge < -0.3 is 5.32 Å². The largest absolute Gasteiger partial charge is 0.309 e. The molecule has 1 aromatic heterocycles. The Morgan fingerprint density at radius 3 is 2.69 bits per heavy atom. The minimum absolute atomic E-state index is 0.256. The SMILES string of the molecule is CSCC[C@H](NS(=O)(=O)c1ccccc1F)C(=O)Nc1cc(C)ccn1. The molecule has 9 heteroatoms. The molecule has 0 aliphatic carbocycles. The van der Waals surface area contributed by atoms with Crippen molar-refractivity contribution in [3.8, 4) is 0 Å². The summed E-state index contributed by atoms with van der Waals surface area (Å²) >= 11 is 1.48. The van der Waals surface area contributed by atoms with E-state index in [4.69, 9.17) is 0 Å². The Balaban J connectivity index is 2.21. The number of hydrogen-bond acceptors (Lipinski definition) is 5. The van der Waals surface area contributed by atoms with E-state index in [0.29, 0.717) is 11.6 Å². The Hall–Kier alpha value is -1.97. The summed E-state index contributed by atoms with van der Waals surface area (Å²) in [4.78, 5) is 16.1. The van der Waals surface area contributed by atoms with Crippen molar-refractivity contribution < 1.29 is 17.6 Å². The minimum Gasteiger partial charge on any atom is -0.309 e. The Bertz CT molecular complexity index is 875. The van der Waals surface area contributed by atoms with Crippen molar-refractivity contribution in [3.63, 3.8) is 0 Å². The fourth-order valence-electron chi connectivity index (χ4n) is 2.21. The van der Waals surface area contributed by atoms with Gasteiger partial charge in [-0.15, -0.1) is 0 Å². The van der Waals surface area contributed by atoms with Crippen molar-refractivity contribution in [3.05, 3.63) is 54.0 Å². The van der Waals surface area contributed by atoms with Crippen LogP contribution in [0.25, 0.3) is 0 Å². The van der Waals surface area contributed by atoms with Crippen LogP contribution in [0.5, 0.6) is 0 Å². The Kier molecular flexibility index (Phi) is 7.13. The van der Waals surface area contributed by atoms with Gasteiger partial charge in [0.15, 0.2) is 0 Å². The average Bonchev–Trinajstić information content (AvgIpc) is 2.58. The Morgan fingerprint density at radius 2 is 2.04 bits per heavy atom. The highest BCUT2D eigenvalue weighted by Crippen LogP contribution is 2.15. The van der Waals surface area contributed by atoms with Gasteiger partial charge in [-0.1, -0.05) is 12.1 Å². The van der Waals surface area contributed by atoms with Crippen molar-refractivity contribution in [1.29, 1.82) is 0 Å². The number of nitrogens with one attached hydrogen (secondary N) is 2. The second-order valence-electron chi connectivity index (χ2n) is 5.59. The molecule has 0 aliphatic rings. The molecule has 0 spiro atoms. The molecule has 0 radical (unpaired) electrons. The predicted octanol–water partition coefficient (Wildman–Crippen LogP) is 2.57. The quantitative estimate of drug-likeness (QED) is 0.715. The maximum Gasteiger partial charge on any atom is 0.244 e. The van der Waals surface area contributed by atoms with Gasteiger partial charge in [-0.25, -0.2) is 17.8 Å². The summed E-state index contributed by atoms with van der Waals surface area (Å²) in [6, 6.07) is 7.44. The lowest BCUT2D eigenvalue weighted by Gasteiger charge is -2.18. The predicted molar refractivity (Wildman–Crippen MR) is 101 cm³/mol. The van der Waals surface area contributed by atoms with Gasteiger partial charge in [0.05, 0.1) is 0 Å². The number of aryl methyl sites for hydroxylation is 1. The van der Waals surface area contributed by atoms with Gasteiger partial charge >= 0.3 is 0 Å². The lowest BCUT2D eigenvalue weighted by molar-refractivity contribution is -0.117. The molecule has 0 saturated carbocycles. The van der Waals surface area contributed by atoms with E-state index in [9.17, 15) is 17.6 Å². The summed E-state index contributed by atoms with van der Waals surface area (Å²) in [7, 11) is -4.18. The number of carbonyl (C=O) groups excluding carboxylic acids is 1. The number of amides is 1. The van der Waals surface area contributed by atoms with Crippen LogP contribution in [0, 0.1) is 12.7 Å². The molecule has 6 nitrogen and oxygen atoms in total. The number of anilines is 1. The molecule has 0 fully saturated rings. The molecule has 140 valence electrons. The highest BCUT2D eigenvalue weighted by molar-refractivity contribution is 7.98. The number of nitrogens with zero attached hydrogens (tertiary/aromatic N) is 1. The Morgan fingerprint density at radius 1 is 1.31 bits per heavy atom. The molecule has 0 aliphatic heterocycles. The summed E-state index contributed by atoms with van der Waals surface area (Å²) < 4.78 is 41.1. The number of carbonyl (C=O) groups is 1. The molecule has 1 heterocycles. The number of thioether (sulfide) groups is 1. The van der Waals surface area contributed by atoms with E-state index in [1.165, 1.54) is 23.9 Å². The van der Waals surface area contributed by atoms with E-state index < -0.39 is 32.7 Å². The van der Waals surface area contributed by atoms with Crippen LogP contribution >= 0.6 is 11.8 Å². The third-order valence-corrected chi connectivity index (χ3v) is 5.67. The van der Waals surface area contributed by atoms with Gasteiger partial charge in [0.2, 0.25) is 15.9 Å². The van der Waals surface area contributed by atoms with Crippen molar-refractivity contribution >= 4 is 33.5 Å². The van der Waals surface area contributed by atoms with Crippen LogP contribution in [0.1, 0.15) is 12.0 Å². The first-order valence-corrected chi connectivity index (χ1v) is 10.7. The molecule has 0 unspecified atom stereocenters. The standard InChI is InChI=1S/C17H20FN3O3S2/c1-12-7-9-19-16(11-12)20-17(22)14(8-10-25-2)21-26(23,24)15-6-4-3-5-13(15)18/h3-7,9,11,14,21H,8,10H2,1-2H3,(H,19,20,22)/t14-/m0/s1. The third kappa shape index (κ3) is 5.52. The van der Waals surface area contributed by atoms with E-state index >= 15 is 0 Å². The van der Waals surface area contributed by atoms with Gasteiger partial charge in [0, 0.05) is 6.20 Å². The van der Waals surface area contributed by atoms with Crippen LogP contribution in [-0.4, -0.2) is 37.4 Å². The smallest absolute Gasteiger partial charge is 0.244 e. The van der Waals surface area contributed by atoms with Crippen LogP contribution in [-0.2, 0) is 14.8 Å². The molecule has 2 rings (SSSR count). The molecule has 1 aromatic carbocycles. The summed E-state index contributed by atoms with van der Waals surface area (Å²) in [5.74, 6) is -0.533. The minimum atomic E-state index is -4.18. The van der Waals surface area contributed by atoms with Crippen molar-refractivity contribution in [1.82, 2.24) is 9.71 Å². The van der Waals surface area contributed by atoms with Gasteiger partial charge in [-0.2, -0.15) is 16.5 Å². The summed E-state index contributed by atoms with van der Waals surface area (Å²) in [5.41, 5.74) is 0.905. The first-order chi connectivity index (χ1) is 12.3. The first-order valence-electron chi connectivity index (χ1n) is 7.83. The number of sulfonamides is 1. The van der Waals surface area contributed by atoms with E-state index in [1.54, 1.807) is 18.3 Å². The lowest BCUT2D eigenvalue weighted by Crippen LogP contribution is -2.44. The van der Waals surface area contributed by atoms with Crippen LogP contribution in [0.3, 0.4) is 0 Å². The van der Waals surface area contributed by atoms with Crippen LogP contribution in [0.4, 0.5) is 10.2 Å². The summed E-state index contributed by atoms with van der Waals surface area (Å²) in [6.07, 6.45) is 3.65. The monoisotopic (exact) mass is 397 g/mol. The number of benzene rings is 1. The van der Waals surface area contributed by atoms with Gasteiger partial charge in [0.25, 0.3) is 0 Å². The van der Waals surface area contributed by atoms with Gasteiger partial charge in [0.1, 0.15) is 22.6 Å². The van der Waals surface area contributed by atoms with Crippen molar-refractivity contribution in [2.24, 2.45) is 0 Å². The molecule has 26 heavy (non-hydrogen) atoms. The molecule has 1 atom stereocenters.